The lowest BCUT2D eigenvalue weighted by Gasteiger charge is -2.34. The quantitative estimate of drug-likeness (QED) is 0.609. The first-order chi connectivity index (χ1) is 15.7. The average Bonchev–Trinajstić information content (AvgIpc) is 3.30. The van der Waals surface area contributed by atoms with Gasteiger partial charge in [-0.3, -0.25) is 14.6 Å². The van der Waals surface area contributed by atoms with Crippen LogP contribution in [0.2, 0.25) is 0 Å². The van der Waals surface area contributed by atoms with E-state index >= 15 is 0 Å². The molecule has 1 atom stereocenters. The summed E-state index contributed by atoms with van der Waals surface area (Å²) in [6, 6.07) is 15.5. The number of fused-ring (bicyclic) bond motifs is 1. The number of carbonyl (C=O) groups excluding carboxylic acids is 2. The van der Waals surface area contributed by atoms with Gasteiger partial charge < -0.3 is 15.5 Å². The summed E-state index contributed by atoms with van der Waals surface area (Å²) in [5.74, 6) is 0.0586. The lowest BCUT2D eigenvalue weighted by Crippen LogP contribution is -2.40. The summed E-state index contributed by atoms with van der Waals surface area (Å²) in [5, 5.41) is 8.56. The van der Waals surface area contributed by atoms with E-state index in [2.05, 4.69) is 26.6 Å². The fourth-order valence-electron chi connectivity index (χ4n) is 4.43. The predicted octanol–water partition coefficient (Wildman–Crippen LogP) is 4.44. The number of aromatic nitrogens is 1. The molecule has 0 fully saturated rings. The van der Waals surface area contributed by atoms with Gasteiger partial charge in [-0.2, -0.15) is 0 Å². The highest BCUT2D eigenvalue weighted by atomic mass is 32.1. The largest absolute Gasteiger partial charge is 0.357 e. The summed E-state index contributed by atoms with van der Waals surface area (Å²) in [7, 11) is 0. The molecule has 0 bridgehead atoms. The maximum Gasteiger partial charge on any atom is 0.239 e. The number of nitrogens with zero attached hydrogens (tertiary/aromatic N) is 2. The van der Waals surface area contributed by atoms with E-state index in [0.717, 1.165) is 45.9 Å². The molecule has 0 unspecified atom stereocenters. The van der Waals surface area contributed by atoms with Gasteiger partial charge in [0.25, 0.3) is 0 Å². The van der Waals surface area contributed by atoms with Crippen molar-refractivity contribution in [2.75, 3.05) is 16.8 Å². The van der Waals surface area contributed by atoms with Crippen LogP contribution in [0.1, 0.15) is 35.7 Å². The third kappa shape index (κ3) is 4.03. The number of benzene rings is 1. The first-order valence-corrected chi connectivity index (χ1v) is 11.7. The van der Waals surface area contributed by atoms with Gasteiger partial charge in [0.2, 0.25) is 5.91 Å². The summed E-state index contributed by atoms with van der Waals surface area (Å²) < 4.78 is 0. The number of allylic oxidation sites excluding steroid dienone is 1. The molecule has 3 heterocycles. The minimum Gasteiger partial charge on any atom is -0.357 e. The van der Waals surface area contributed by atoms with Crippen molar-refractivity contribution in [3.63, 3.8) is 0 Å². The lowest BCUT2D eigenvalue weighted by atomic mass is 9.88. The highest BCUT2D eigenvalue weighted by Crippen LogP contribution is 2.45. The second-order valence-electron chi connectivity index (χ2n) is 7.99. The number of rotatable bonds is 5. The molecule has 1 aliphatic carbocycles. The molecule has 0 radical (unpaired) electrons. The molecule has 0 saturated carbocycles. The molecule has 7 heteroatoms. The van der Waals surface area contributed by atoms with Crippen molar-refractivity contribution >= 4 is 34.4 Å². The van der Waals surface area contributed by atoms with Crippen molar-refractivity contribution in [2.24, 2.45) is 0 Å². The molecular formula is C25H24N4O2S. The molecule has 3 aromatic rings. The summed E-state index contributed by atoms with van der Waals surface area (Å²) in [6.45, 7) is 0.558. The molecule has 0 spiro atoms. The number of para-hydroxylation sites is 2. The third-order valence-electron chi connectivity index (χ3n) is 5.88. The SMILES string of the molecule is O=C(CN1c2ccccc2NC2=C(C(=O)CCC2)[C@H]1c1cccs1)NCc1cccnc1. The zero-order valence-corrected chi connectivity index (χ0v) is 18.4. The first-order valence-electron chi connectivity index (χ1n) is 10.8. The standard InChI is InChI=1S/C25H24N4O2S/c30-21-10-3-8-19-24(21)25(22-11-5-13-32-22)29(20-9-2-1-7-18(20)28-19)16-23(31)27-15-17-6-4-12-26-14-17/h1-2,4-7,9,11-14,25,28H,3,8,10,15-16H2,(H,27,31)/t25-/m1/s1. The van der Waals surface area contributed by atoms with E-state index in [1.54, 1.807) is 23.7 Å². The Kier molecular flexibility index (Phi) is 5.73. The van der Waals surface area contributed by atoms with Gasteiger partial charge in [0.15, 0.2) is 5.78 Å². The van der Waals surface area contributed by atoms with E-state index in [1.807, 2.05) is 47.8 Å². The van der Waals surface area contributed by atoms with Crippen LogP contribution in [0.3, 0.4) is 0 Å². The van der Waals surface area contributed by atoms with E-state index in [4.69, 9.17) is 0 Å². The molecule has 0 saturated heterocycles. The van der Waals surface area contributed by atoms with Gasteiger partial charge in [-0.1, -0.05) is 24.3 Å². The Morgan fingerprint density at radius 2 is 2.06 bits per heavy atom. The number of amides is 1. The molecule has 1 aromatic carbocycles. The number of carbonyl (C=O) groups is 2. The molecule has 1 aliphatic heterocycles. The van der Waals surface area contributed by atoms with Gasteiger partial charge in [0.1, 0.15) is 0 Å². The number of hydrogen-bond donors (Lipinski definition) is 2. The molecule has 32 heavy (non-hydrogen) atoms. The number of ketones is 1. The van der Waals surface area contributed by atoms with Crippen LogP contribution >= 0.6 is 11.3 Å². The number of pyridine rings is 1. The van der Waals surface area contributed by atoms with Crippen LogP contribution in [0.4, 0.5) is 11.4 Å². The zero-order chi connectivity index (χ0) is 21.9. The van der Waals surface area contributed by atoms with E-state index in [9.17, 15) is 9.59 Å². The van der Waals surface area contributed by atoms with Crippen LogP contribution in [-0.2, 0) is 16.1 Å². The Hall–Kier alpha value is -3.45. The normalized spacial score (nSPS) is 17.8. The van der Waals surface area contributed by atoms with Gasteiger partial charge in [-0.15, -0.1) is 11.3 Å². The van der Waals surface area contributed by atoms with Crippen LogP contribution in [0.15, 0.2) is 77.6 Å². The molecule has 2 N–H and O–H groups in total. The third-order valence-corrected chi connectivity index (χ3v) is 6.80. The Bertz CT molecular complexity index is 1160. The second-order valence-corrected chi connectivity index (χ2v) is 8.97. The molecular weight excluding hydrogens is 420 g/mol. The van der Waals surface area contributed by atoms with Crippen LogP contribution < -0.4 is 15.5 Å². The Balaban J connectivity index is 1.52. The lowest BCUT2D eigenvalue weighted by molar-refractivity contribution is -0.120. The minimum absolute atomic E-state index is 0.0995. The van der Waals surface area contributed by atoms with E-state index < -0.39 is 0 Å². The highest BCUT2D eigenvalue weighted by Gasteiger charge is 2.37. The van der Waals surface area contributed by atoms with Crippen molar-refractivity contribution < 1.29 is 9.59 Å². The van der Waals surface area contributed by atoms with Crippen LogP contribution in [0, 0.1) is 0 Å². The number of Topliss-reactive ketones (excluding diaryl/α,β-unsaturated/α-hetero) is 1. The van der Waals surface area contributed by atoms with E-state index in [0.29, 0.717) is 13.0 Å². The van der Waals surface area contributed by atoms with Crippen LogP contribution in [0.25, 0.3) is 0 Å². The van der Waals surface area contributed by atoms with Gasteiger partial charge >= 0.3 is 0 Å². The summed E-state index contributed by atoms with van der Waals surface area (Å²) >= 11 is 1.62. The molecule has 1 amide bonds. The van der Waals surface area contributed by atoms with Gasteiger partial charge in [-0.25, -0.2) is 0 Å². The maximum absolute atomic E-state index is 13.2. The van der Waals surface area contributed by atoms with Crippen molar-refractivity contribution in [2.45, 2.75) is 31.8 Å². The van der Waals surface area contributed by atoms with Crippen molar-refractivity contribution in [1.82, 2.24) is 10.3 Å². The van der Waals surface area contributed by atoms with Crippen molar-refractivity contribution in [1.29, 1.82) is 0 Å². The van der Waals surface area contributed by atoms with Crippen LogP contribution in [0.5, 0.6) is 0 Å². The monoisotopic (exact) mass is 444 g/mol. The summed E-state index contributed by atoms with van der Waals surface area (Å²) in [4.78, 5) is 33.5. The highest BCUT2D eigenvalue weighted by molar-refractivity contribution is 7.10. The number of anilines is 2. The number of thiophene rings is 1. The van der Waals surface area contributed by atoms with E-state index in [-0.39, 0.29) is 24.3 Å². The fourth-order valence-corrected chi connectivity index (χ4v) is 5.28. The number of hydrogen-bond acceptors (Lipinski definition) is 6. The molecule has 2 aliphatic rings. The Labute approximate surface area is 191 Å². The molecule has 5 rings (SSSR count). The predicted molar refractivity (Wildman–Crippen MR) is 126 cm³/mol. The Morgan fingerprint density at radius 3 is 2.88 bits per heavy atom. The van der Waals surface area contributed by atoms with Crippen molar-refractivity contribution in [3.05, 3.63) is 88.0 Å². The topological polar surface area (TPSA) is 74.3 Å². The average molecular weight is 445 g/mol. The summed E-state index contributed by atoms with van der Waals surface area (Å²) in [5.41, 5.74) is 4.56. The molecule has 2 aromatic heterocycles. The summed E-state index contributed by atoms with van der Waals surface area (Å²) in [6.07, 6.45) is 5.68. The smallest absolute Gasteiger partial charge is 0.239 e. The Morgan fingerprint density at radius 1 is 1.16 bits per heavy atom. The minimum atomic E-state index is -0.293. The second kappa shape index (κ2) is 8.96. The van der Waals surface area contributed by atoms with Crippen molar-refractivity contribution in [3.8, 4) is 0 Å². The van der Waals surface area contributed by atoms with Gasteiger partial charge in [0, 0.05) is 41.5 Å². The van der Waals surface area contributed by atoms with E-state index in [1.165, 1.54) is 0 Å². The first kappa shape index (κ1) is 20.5. The molecule has 162 valence electrons. The fraction of sp³-hybridized carbons (Fsp3) is 0.240. The van der Waals surface area contributed by atoms with Crippen LogP contribution in [-0.4, -0.2) is 23.2 Å². The number of nitrogens with one attached hydrogen (secondary N) is 2. The maximum atomic E-state index is 13.2. The van der Waals surface area contributed by atoms with Gasteiger partial charge in [0.05, 0.1) is 24.0 Å². The molecule has 6 nitrogen and oxygen atoms in total. The zero-order valence-electron chi connectivity index (χ0n) is 17.6. The van der Waals surface area contributed by atoms with Gasteiger partial charge in [-0.05, 0) is 48.1 Å².